The normalized spacial score (nSPS) is 14.1. The molecule has 2 aromatic rings. The molecule has 4 nitrogen and oxygen atoms in total. The van der Waals surface area contributed by atoms with E-state index in [1.807, 2.05) is 13.1 Å². The van der Waals surface area contributed by atoms with E-state index in [1.54, 1.807) is 7.11 Å². The Morgan fingerprint density at radius 3 is 2.57 bits per heavy atom. The molecule has 1 aliphatic rings. The van der Waals surface area contributed by atoms with Crippen molar-refractivity contribution in [2.24, 2.45) is 0 Å². The lowest BCUT2D eigenvalue weighted by atomic mass is 10.0. The van der Waals surface area contributed by atoms with Crippen molar-refractivity contribution >= 4 is 5.82 Å². The standard InChI is InChI=1S/C17H21N3O/c1-10-5-8-14(21-4)13(9-10)15-11(2)16(18-3)20-17(19-15)12-6-7-12/h5,8-9,12H,6-7H2,1-4H3,(H,18,19,20). The first-order valence-corrected chi connectivity index (χ1v) is 7.35. The Bertz CT molecular complexity index is 678. The number of rotatable bonds is 4. The molecule has 1 saturated carbocycles. The van der Waals surface area contributed by atoms with E-state index in [9.17, 15) is 0 Å². The van der Waals surface area contributed by atoms with Gasteiger partial charge >= 0.3 is 0 Å². The molecular formula is C17H21N3O. The van der Waals surface area contributed by atoms with Gasteiger partial charge in [-0.25, -0.2) is 9.97 Å². The second kappa shape index (κ2) is 5.35. The number of methoxy groups -OCH3 is 1. The van der Waals surface area contributed by atoms with Gasteiger partial charge < -0.3 is 10.1 Å². The quantitative estimate of drug-likeness (QED) is 0.929. The summed E-state index contributed by atoms with van der Waals surface area (Å²) in [5.74, 6) is 3.23. The molecule has 0 unspecified atom stereocenters. The highest BCUT2D eigenvalue weighted by atomic mass is 16.5. The van der Waals surface area contributed by atoms with Crippen molar-refractivity contribution in [3.8, 4) is 17.0 Å². The van der Waals surface area contributed by atoms with Crippen molar-refractivity contribution in [2.45, 2.75) is 32.6 Å². The Morgan fingerprint density at radius 1 is 1.19 bits per heavy atom. The first-order valence-electron chi connectivity index (χ1n) is 7.35. The molecule has 110 valence electrons. The summed E-state index contributed by atoms with van der Waals surface area (Å²) in [6.07, 6.45) is 2.38. The van der Waals surface area contributed by atoms with Gasteiger partial charge in [0.05, 0.1) is 12.8 Å². The predicted molar refractivity (Wildman–Crippen MR) is 85.0 cm³/mol. The molecule has 0 bridgehead atoms. The molecule has 0 amide bonds. The Morgan fingerprint density at radius 2 is 1.95 bits per heavy atom. The van der Waals surface area contributed by atoms with Gasteiger partial charge in [-0.1, -0.05) is 11.6 Å². The minimum Gasteiger partial charge on any atom is -0.496 e. The van der Waals surface area contributed by atoms with Crippen LogP contribution in [0, 0.1) is 13.8 Å². The molecule has 0 saturated heterocycles. The van der Waals surface area contributed by atoms with Gasteiger partial charge in [-0.3, -0.25) is 0 Å². The van der Waals surface area contributed by atoms with Crippen LogP contribution in [0.5, 0.6) is 5.75 Å². The molecule has 1 aromatic heterocycles. The zero-order chi connectivity index (χ0) is 15.0. The molecule has 1 aliphatic carbocycles. The summed E-state index contributed by atoms with van der Waals surface area (Å²) in [5.41, 5.74) is 4.26. The Kier molecular flexibility index (Phi) is 3.53. The van der Waals surface area contributed by atoms with E-state index in [0.717, 1.165) is 34.2 Å². The van der Waals surface area contributed by atoms with Gasteiger partial charge in [-0.15, -0.1) is 0 Å². The highest BCUT2D eigenvalue weighted by Gasteiger charge is 2.28. The number of nitrogens with zero attached hydrogens (tertiary/aromatic N) is 2. The van der Waals surface area contributed by atoms with Gasteiger partial charge in [-0.2, -0.15) is 0 Å². The van der Waals surface area contributed by atoms with E-state index in [0.29, 0.717) is 5.92 Å². The first kappa shape index (κ1) is 13.9. The van der Waals surface area contributed by atoms with Gasteiger partial charge in [0.25, 0.3) is 0 Å². The molecule has 3 rings (SSSR count). The van der Waals surface area contributed by atoms with Crippen LogP contribution in [-0.4, -0.2) is 24.1 Å². The Balaban J connectivity index is 2.21. The van der Waals surface area contributed by atoms with E-state index in [4.69, 9.17) is 9.72 Å². The lowest BCUT2D eigenvalue weighted by Crippen LogP contribution is -2.05. The lowest BCUT2D eigenvalue weighted by Gasteiger charge is -2.15. The summed E-state index contributed by atoms with van der Waals surface area (Å²) in [5, 5.41) is 3.19. The third kappa shape index (κ3) is 2.58. The largest absolute Gasteiger partial charge is 0.496 e. The van der Waals surface area contributed by atoms with Gasteiger partial charge in [0.15, 0.2) is 0 Å². The third-order valence-corrected chi connectivity index (χ3v) is 3.95. The number of benzene rings is 1. The van der Waals surface area contributed by atoms with E-state index in [-0.39, 0.29) is 0 Å². The molecule has 1 heterocycles. The average Bonchev–Trinajstić information content (AvgIpc) is 3.32. The number of nitrogens with one attached hydrogen (secondary N) is 1. The molecule has 4 heteroatoms. The van der Waals surface area contributed by atoms with Crippen LogP contribution in [-0.2, 0) is 0 Å². The predicted octanol–water partition coefficient (Wildman–Crippen LogP) is 3.69. The van der Waals surface area contributed by atoms with Crippen molar-refractivity contribution in [2.75, 3.05) is 19.5 Å². The highest BCUT2D eigenvalue weighted by molar-refractivity contribution is 5.74. The van der Waals surface area contributed by atoms with Gasteiger partial charge in [-0.05, 0) is 38.8 Å². The van der Waals surface area contributed by atoms with E-state index >= 15 is 0 Å². The fourth-order valence-electron chi connectivity index (χ4n) is 2.57. The summed E-state index contributed by atoms with van der Waals surface area (Å²) in [6.45, 7) is 4.14. The summed E-state index contributed by atoms with van der Waals surface area (Å²) in [6, 6.07) is 6.19. The zero-order valence-corrected chi connectivity index (χ0v) is 13.0. The minimum atomic E-state index is 0.521. The molecule has 0 atom stereocenters. The lowest BCUT2D eigenvalue weighted by molar-refractivity contribution is 0.416. The van der Waals surface area contributed by atoms with Crippen molar-refractivity contribution in [3.63, 3.8) is 0 Å². The van der Waals surface area contributed by atoms with Gasteiger partial charge in [0.2, 0.25) is 0 Å². The van der Waals surface area contributed by atoms with Crippen LogP contribution in [0.15, 0.2) is 18.2 Å². The number of hydrogen-bond acceptors (Lipinski definition) is 4. The second-order valence-electron chi connectivity index (χ2n) is 5.63. The van der Waals surface area contributed by atoms with Crippen LogP contribution >= 0.6 is 0 Å². The molecule has 21 heavy (non-hydrogen) atoms. The smallest absolute Gasteiger partial charge is 0.134 e. The van der Waals surface area contributed by atoms with E-state index < -0.39 is 0 Å². The fourth-order valence-corrected chi connectivity index (χ4v) is 2.57. The molecule has 0 aliphatic heterocycles. The highest BCUT2D eigenvalue weighted by Crippen LogP contribution is 2.41. The van der Waals surface area contributed by atoms with Crippen LogP contribution < -0.4 is 10.1 Å². The number of aryl methyl sites for hydroxylation is 1. The monoisotopic (exact) mass is 283 g/mol. The van der Waals surface area contributed by atoms with Crippen LogP contribution in [0.4, 0.5) is 5.82 Å². The average molecular weight is 283 g/mol. The van der Waals surface area contributed by atoms with Crippen LogP contribution in [0.3, 0.4) is 0 Å². The topological polar surface area (TPSA) is 47.0 Å². The van der Waals surface area contributed by atoms with Crippen LogP contribution in [0.1, 0.15) is 35.7 Å². The maximum absolute atomic E-state index is 5.52. The summed E-state index contributed by atoms with van der Waals surface area (Å²) < 4.78 is 5.52. The molecule has 0 spiro atoms. The fraction of sp³-hybridized carbons (Fsp3) is 0.412. The second-order valence-corrected chi connectivity index (χ2v) is 5.63. The first-order chi connectivity index (χ1) is 10.1. The maximum atomic E-state index is 5.52. The number of hydrogen-bond donors (Lipinski definition) is 1. The summed E-state index contributed by atoms with van der Waals surface area (Å²) in [7, 11) is 3.61. The Hall–Kier alpha value is -2.10. The molecule has 0 radical (unpaired) electrons. The molecular weight excluding hydrogens is 262 g/mol. The van der Waals surface area contributed by atoms with Crippen molar-refractivity contribution in [3.05, 3.63) is 35.2 Å². The summed E-state index contributed by atoms with van der Waals surface area (Å²) in [4.78, 5) is 9.49. The number of anilines is 1. The van der Waals surface area contributed by atoms with E-state index in [1.165, 1.54) is 18.4 Å². The molecule has 1 aromatic carbocycles. The number of aromatic nitrogens is 2. The zero-order valence-electron chi connectivity index (χ0n) is 13.0. The van der Waals surface area contributed by atoms with Crippen molar-refractivity contribution in [1.29, 1.82) is 0 Å². The summed E-state index contributed by atoms with van der Waals surface area (Å²) >= 11 is 0. The maximum Gasteiger partial charge on any atom is 0.134 e. The van der Waals surface area contributed by atoms with Crippen molar-refractivity contribution in [1.82, 2.24) is 9.97 Å². The van der Waals surface area contributed by atoms with Crippen LogP contribution in [0.2, 0.25) is 0 Å². The SMILES string of the molecule is CNc1nc(C2CC2)nc(-c2cc(C)ccc2OC)c1C. The van der Waals surface area contributed by atoms with E-state index in [2.05, 4.69) is 36.3 Å². The van der Waals surface area contributed by atoms with Gasteiger partial charge in [0.1, 0.15) is 17.4 Å². The molecule has 1 N–H and O–H groups in total. The van der Waals surface area contributed by atoms with Gasteiger partial charge in [0, 0.05) is 24.1 Å². The minimum absolute atomic E-state index is 0.521. The number of ether oxygens (including phenoxy) is 1. The Labute approximate surface area is 125 Å². The van der Waals surface area contributed by atoms with Crippen LogP contribution in [0.25, 0.3) is 11.3 Å². The molecule has 1 fully saturated rings. The van der Waals surface area contributed by atoms with Crippen molar-refractivity contribution < 1.29 is 4.74 Å². The third-order valence-electron chi connectivity index (χ3n) is 3.95.